The van der Waals surface area contributed by atoms with Crippen LogP contribution in [-0.2, 0) is 0 Å². The lowest BCUT2D eigenvalue weighted by atomic mass is 10.1. The van der Waals surface area contributed by atoms with Gasteiger partial charge in [-0.25, -0.2) is 14.4 Å². The summed E-state index contributed by atoms with van der Waals surface area (Å²) in [7, 11) is 0. The second-order valence-corrected chi connectivity index (χ2v) is 10.3. The fraction of sp³-hybridized carbons (Fsp3) is 0. The summed E-state index contributed by atoms with van der Waals surface area (Å²) in [4.78, 5) is 39.1. The summed E-state index contributed by atoms with van der Waals surface area (Å²) in [6, 6.07) is 38.5. The maximum Gasteiger partial charge on any atom is 0.343 e. The number of carbonyl (C=O) groups is 3. The molecule has 0 unspecified atom stereocenters. The Kier molecular flexibility index (Phi) is 7.57. The van der Waals surface area contributed by atoms with Crippen LogP contribution in [0, 0.1) is 0 Å². The highest BCUT2D eigenvalue weighted by molar-refractivity contribution is 7.22. The van der Waals surface area contributed by atoms with Crippen LogP contribution in [-0.4, -0.2) is 17.9 Å². The minimum absolute atomic E-state index is 0.112. The predicted molar refractivity (Wildman–Crippen MR) is 161 cm³/mol. The number of benzene rings is 5. The molecule has 0 fully saturated rings. The van der Waals surface area contributed by atoms with Crippen molar-refractivity contribution in [3.05, 3.63) is 150 Å². The average molecular weight is 571 g/mol. The number of thiophene rings is 1. The molecule has 0 bridgehead atoms. The molecule has 0 saturated heterocycles. The van der Waals surface area contributed by atoms with Crippen molar-refractivity contribution in [2.45, 2.75) is 0 Å². The van der Waals surface area contributed by atoms with Gasteiger partial charge in [-0.15, -0.1) is 11.3 Å². The number of rotatable bonds is 7. The molecule has 1 aromatic heterocycles. The van der Waals surface area contributed by atoms with E-state index in [0.717, 1.165) is 20.5 Å². The fourth-order valence-electron chi connectivity index (χ4n) is 4.25. The summed E-state index contributed by atoms with van der Waals surface area (Å²) in [6.07, 6.45) is 0. The molecule has 0 amide bonds. The van der Waals surface area contributed by atoms with Gasteiger partial charge < -0.3 is 14.2 Å². The van der Waals surface area contributed by atoms with Crippen LogP contribution in [0.15, 0.2) is 133 Å². The topological polar surface area (TPSA) is 78.9 Å². The molecule has 1 heterocycles. The zero-order chi connectivity index (χ0) is 28.9. The van der Waals surface area contributed by atoms with Crippen molar-refractivity contribution in [1.29, 1.82) is 0 Å². The second-order valence-electron chi connectivity index (χ2n) is 9.24. The molecule has 6 aromatic rings. The van der Waals surface area contributed by atoms with Gasteiger partial charge in [0.1, 0.15) is 5.75 Å². The van der Waals surface area contributed by atoms with Crippen LogP contribution in [0.1, 0.15) is 31.1 Å². The Balaban J connectivity index is 1.30. The highest BCUT2D eigenvalue weighted by Gasteiger charge is 2.18. The predicted octanol–water partition coefficient (Wildman–Crippen LogP) is 8.23. The third-order valence-electron chi connectivity index (χ3n) is 6.36. The zero-order valence-electron chi connectivity index (χ0n) is 22.1. The Morgan fingerprint density at radius 2 is 1.00 bits per heavy atom. The Morgan fingerprint density at radius 3 is 1.57 bits per heavy atom. The Hall–Kier alpha value is -5.53. The number of hydrogen-bond donors (Lipinski definition) is 0. The van der Waals surface area contributed by atoms with E-state index in [0.29, 0.717) is 22.4 Å². The summed E-state index contributed by atoms with van der Waals surface area (Å²) in [6.45, 7) is 0. The molecular formula is C35H22O6S. The normalized spacial score (nSPS) is 10.7. The van der Waals surface area contributed by atoms with E-state index in [1.807, 2.05) is 24.3 Å². The van der Waals surface area contributed by atoms with Crippen molar-refractivity contribution in [3.8, 4) is 27.7 Å². The molecule has 5 aromatic carbocycles. The molecule has 42 heavy (non-hydrogen) atoms. The van der Waals surface area contributed by atoms with Crippen LogP contribution >= 0.6 is 11.3 Å². The van der Waals surface area contributed by atoms with E-state index in [2.05, 4.69) is 0 Å². The van der Waals surface area contributed by atoms with Crippen LogP contribution < -0.4 is 14.2 Å². The van der Waals surface area contributed by atoms with Gasteiger partial charge in [0, 0.05) is 9.58 Å². The van der Waals surface area contributed by atoms with Crippen LogP contribution in [0.3, 0.4) is 0 Å². The molecule has 6 rings (SSSR count). The van der Waals surface area contributed by atoms with E-state index in [-0.39, 0.29) is 11.5 Å². The van der Waals surface area contributed by atoms with E-state index < -0.39 is 17.9 Å². The summed E-state index contributed by atoms with van der Waals surface area (Å²) < 4.78 is 17.9. The van der Waals surface area contributed by atoms with Crippen molar-refractivity contribution in [2.24, 2.45) is 0 Å². The maximum absolute atomic E-state index is 12.9. The summed E-state index contributed by atoms with van der Waals surface area (Å²) in [5, 5.41) is 0.955. The van der Waals surface area contributed by atoms with Crippen LogP contribution in [0.5, 0.6) is 17.2 Å². The molecule has 204 valence electrons. The summed E-state index contributed by atoms with van der Waals surface area (Å²) in [5.74, 6) is -0.915. The first-order chi connectivity index (χ1) is 20.5. The number of carbonyl (C=O) groups excluding carboxylic acids is 3. The molecule has 6 nitrogen and oxygen atoms in total. The summed E-state index contributed by atoms with van der Waals surface area (Å²) >= 11 is 1.49. The zero-order valence-corrected chi connectivity index (χ0v) is 22.9. The van der Waals surface area contributed by atoms with E-state index in [4.69, 9.17) is 14.2 Å². The van der Waals surface area contributed by atoms with E-state index >= 15 is 0 Å². The fourth-order valence-corrected chi connectivity index (χ4v) is 5.34. The average Bonchev–Trinajstić information content (AvgIpc) is 3.46. The lowest BCUT2D eigenvalue weighted by molar-refractivity contribution is 0.0682. The molecule has 0 aliphatic heterocycles. The number of esters is 3. The molecular weight excluding hydrogens is 548 g/mol. The first-order valence-corrected chi connectivity index (χ1v) is 13.8. The van der Waals surface area contributed by atoms with Crippen molar-refractivity contribution >= 4 is 39.3 Å². The maximum atomic E-state index is 12.9. The van der Waals surface area contributed by atoms with Gasteiger partial charge in [0.05, 0.1) is 16.7 Å². The molecule has 0 aliphatic rings. The van der Waals surface area contributed by atoms with Gasteiger partial charge >= 0.3 is 17.9 Å². The quantitative estimate of drug-likeness (QED) is 0.142. The molecule has 0 N–H and O–H groups in total. The van der Waals surface area contributed by atoms with E-state index in [1.54, 1.807) is 109 Å². The molecule has 0 atom stereocenters. The number of hydrogen-bond acceptors (Lipinski definition) is 7. The summed E-state index contributed by atoms with van der Waals surface area (Å²) in [5.41, 5.74) is 1.96. The van der Waals surface area contributed by atoms with Gasteiger partial charge in [-0.05, 0) is 89.8 Å². The second kappa shape index (κ2) is 11.9. The van der Waals surface area contributed by atoms with Crippen molar-refractivity contribution in [2.75, 3.05) is 0 Å². The van der Waals surface area contributed by atoms with Gasteiger partial charge in [-0.1, -0.05) is 54.6 Å². The third-order valence-corrected chi connectivity index (χ3v) is 7.51. The Bertz CT molecular complexity index is 1900. The van der Waals surface area contributed by atoms with Crippen LogP contribution in [0.25, 0.3) is 20.5 Å². The molecule has 0 aliphatic carbocycles. The highest BCUT2D eigenvalue weighted by Crippen LogP contribution is 2.39. The standard InChI is InChI=1S/C35H22O6S/c36-33(23-10-4-1-5-11-23)39-28-18-16-27-21-31(42-32(27)22-28)26-17-19-29(40-34(37)24-12-6-2-7-13-24)30(20-26)41-35(38)25-14-8-3-9-15-25/h1-22H. The van der Waals surface area contributed by atoms with Gasteiger partial charge in [0.15, 0.2) is 11.5 Å². The first kappa shape index (κ1) is 26.7. The highest BCUT2D eigenvalue weighted by atomic mass is 32.1. The smallest absolute Gasteiger partial charge is 0.343 e. The molecule has 7 heteroatoms. The third kappa shape index (κ3) is 5.96. The van der Waals surface area contributed by atoms with Crippen LogP contribution in [0.4, 0.5) is 0 Å². The Morgan fingerprint density at radius 1 is 0.476 bits per heavy atom. The van der Waals surface area contributed by atoms with E-state index in [1.165, 1.54) is 11.3 Å². The SMILES string of the molecule is O=C(Oc1ccc2cc(-c3ccc(OC(=O)c4ccccc4)c(OC(=O)c4ccccc4)c3)sc2c1)c1ccccc1. The minimum atomic E-state index is -0.578. The lowest BCUT2D eigenvalue weighted by Gasteiger charge is -2.12. The van der Waals surface area contributed by atoms with Crippen molar-refractivity contribution in [3.63, 3.8) is 0 Å². The van der Waals surface area contributed by atoms with Gasteiger partial charge in [-0.3, -0.25) is 0 Å². The molecule has 0 radical (unpaired) electrons. The van der Waals surface area contributed by atoms with Crippen LogP contribution in [0.2, 0.25) is 0 Å². The monoisotopic (exact) mass is 570 g/mol. The largest absolute Gasteiger partial charge is 0.423 e. The first-order valence-electron chi connectivity index (χ1n) is 13.0. The Labute approximate surface area is 245 Å². The van der Waals surface area contributed by atoms with Crippen molar-refractivity contribution in [1.82, 2.24) is 0 Å². The minimum Gasteiger partial charge on any atom is -0.423 e. The number of fused-ring (bicyclic) bond motifs is 1. The molecule has 0 saturated carbocycles. The lowest BCUT2D eigenvalue weighted by Crippen LogP contribution is -2.12. The number of ether oxygens (including phenoxy) is 3. The van der Waals surface area contributed by atoms with Crippen molar-refractivity contribution < 1.29 is 28.6 Å². The van der Waals surface area contributed by atoms with Gasteiger partial charge in [-0.2, -0.15) is 0 Å². The van der Waals surface area contributed by atoms with E-state index in [9.17, 15) is 14.4 Å². The molecule has 0 spiro atoms. The van der Waals surface area contributed by atoms with Gasteiger partial charge in [0.25, 0.3) is 0 Å². The van der Waals surface area contributed by atoms with Gasteiger partial charge in [0.2, 0.25) is 0 Å².